The van der Waals surface area contributed by atoms with Crippen LogP contribution in [0.4, 0.5) is 0 Å². The first-order valence-corrected chi connectivity index (χ1v) is 3.74. The molecule has 0 fully saturated rings. The van der Waals surface area contributed by atoms with Crippen LogP contribution in [0, 0.1) is 0 Å². The minimum atomic E-state index is 0.359. The fraction of sp³-hybridized carbons (Fsp3) is 0.200. The van der Waals surface area contributed by atoms with Crippen LogP contribution in [-0.2, 0) is 4.74 Å². The Morgan fingerprint density at radius 3 is 2.57 bits per heavy atom. The first kappa shape index (κ1) is 5.22. The van der Waals surface area contributed by atoms with Crippen molar-refractivity contribution < 1.29 is 4.74 Å². The number of rotatable bonds is 0. The Morgan fingerprint density at radius 1 is 1.43 bits per heavy atom. The zero-order valence-electron chi connectivity index (χ0n) is 3.79. The predicted octanol–water partition coefficient (Wildman–Crippen LogP) is 0.581. The fourth-order valence-electron chi connectivity index (χ4n) is 0.386. The van der Waals surface area contributed by atoms with Crippen LogP contribution in [0.5, 0.6) is 0 Å². The van der Waals surface area contributed by atoms with Gasteiger partial charge in [-0.05, 0) is 0 Å². The third-order valence-corrected chi connectivity index (χ3v) is 1.64. The first-order valence-electron chi connectivity index (χ1n) is 2.09. The van der Waals surface area contributed by atoms with Crippen molar-refractivity contribution in [3.8, 4) is 0 Å². The van der Waals surface area contributed by atoms with Crippen LogP contribution in [-0.4, -0.2) is 26.6 Å². The Morgan fingerprint density at radius 2 is 2.29 bits per heavy atom. The molecule has 0 aliphatic carbocycles. The predicted molar refractivity (Wildman–Crippen MR) is 28.9 cm³/mol. The van der Waals surface area contributed by atoms with E-state index in [1.807, 2.05) is 18.2 Å². The molecule has 0 spiro atoms. The van der Waals surface area contributed by atoms with E-state index in [1.165, 1.54) is 22.5 Å². The van der Waals surface area contributed by atoms with Gasteiger partial charge in [-0.25, -0.2) is 0 Å². The van der Waals surface area contributed by atoms with Gasteiger partial charge in [0.15, 0.2) is 0 Å². The van der Waals surface area contributed by atoms with E-state index in [0.717, 1.165) is 0 Å². The van der Waals surface area contributed by atoms with Crippen LogP contribution in [0.25, 0.3) is 0 Å². The topological polar surface area (TPSA) is 9.23 Å². The van der Waals surface area contributed by atoms with E-state index in [-0.39, 0.29) is 0 Å². The van der Waals surface area contributed by atoms with Crippen molar-refractivity contribution in [2.24, 2.45) is 0 Å². The SMILES string of the molecule is [Sn][CH]1C=CC=CO1. The maximum absolute atomic E-state index is 5.05. The summed E-state index contributed by atoms with van der Waals surface area (Å²) in [5, 5.41) is 0. The maximum atomic E-state index is 5.05. The van der Waals surface area contributed by atoms with Crippen molar-refractivity contribution in [1.82, 2.24) is 0 Å². The molecule has 0 aromatic heterocycles. The average molecular weight is 200 g/mol. The molecule has 0 N–H and O–H groups in total. The van der Waals surface area contributed by atoms with Crippen LogP contribution in [0.3, 0.4) is 0 Å². The molecule has 0 aromatic rings. The van der Waals surface area contributed by atoms with Gasteiger partial charge in [-0.15, -0.1) is 0 Å². The molecule has 1 heterocycles. The van der Waals surface area contributed by atoms with Crippen LogP contribution in [0.1, 0.15) is 0 Å². The fourth-order valence-corrected chi connectivity index (χ4v) is 0.927. The van der Waals surface area contributed by atoms with Crippen molar-refractivity contribution in [3.05, 3.63) is 24.5 Å². The van der Waals surface area contributed by atoms with Gasteiger partial charge in [0.25, 0.3) is 0 Å². The number of hydrogen-bond acceptors (Lipinski definition) is 1. The van der Waals surface area contributed by atoms with Crippen molar-refractivity contribution in [2.75, 3.05) is 0 Å². The van der Waals surface area contributed by atoms with Crippen LogP contribution in [0.15, 0.2) is 24.5 Å². The summed E-state index contributed by atoms with van der Waals surface area (Å²) in [6, 6.07) is 0. The zero-order valence-corrected chi connectivity index (χ0v) is 6.65. The van der Waals surface area contributed by atoms with Crippen molar-refractivity contribution in [1.29, 1.82) is 0 Å². The summed E-state index contributed by atoms with van der Waals surface area (Å²) in [5.41, 5.74) is 0. The Hall–Kier alpha value is 0.0787. The molecular formula is C5H5OSn. The quantitative estimate of drug-likeness (QED) is 0.519. The van der Waals surface area contributed by atoms with Crippen molar-refractivity contribution in [3.63, 3.8) is 0 Å². The molecule has 1 rings (SSSR count). The van der Waals surface area contributed by atoms with Crippen LogP contribution >= 0.6 is 0 Å². The monoisotopic (exact) mass is 201 g/mol. The summed E-state index contributed by atoms with van der Waals surface area (Å²) in [6.07, 6.45) is 7.65. The number of ether oxygens (including phenoxy) is 1. The summed E-state index contributed by atoms with van der Waals surface area (Å²) >= 11 is 1.41. The van der Waals surface area contributed by atoms with Gasteiger partial charge < -0.3 is 0 Å². The third kappa shape index (κ3) is 1.55. The molecule has 7 heavy (non-hydrogen) atoms. The summed E-state index contributed by atoms with van der Waals surface area (Å²) in [4.78, 5) is 0. The number of allylic oxidation sites excluding steroid dienone is 2. The van der Waals surface area contributed by atoms with Gasteiger partial charge in [0.05, 0.1) is 0 Å². The minimum absolute atomic E-state index is 0.359. The second-order valence-corrected chi connectivity index (χ2v) is 2.89. The van der Waals surface area contributed by atoms with Gasteiger partial charge in [-0.3, -0.25) is 0 Å². The molecule has 0 saturated carbocycles. The second-order valence-electron chi connectivity index (χ2n) is 1.27. The molecule has 1 unspecified atom stereocenters. The molecule has 0 saturated heterocycles. The molecule has 0 bridgehead atoms. The average Bonchev–Trinajstić information content (AvgIpc) is 1.69. The molecule has 35 valence electrons. The van der Waals surface area contributed by atoms with Gasteiger partial charge in [0, 0.05) is 0 Å². The van der Waals surface area contributed by atoms with E-state index in [2.05, 4.69) is 0 Å². The molecule has 1 atom stereocenters. The zero-order chi connectivity index (χ0) is 5.11. The van der Waals surface area contributed by atoms with Gasteiger partial charge >= 0.3 is 55.9 Å². The standard InChI is InChI=1S/C5H5O.Sn/c1-2-4-6-5-3-1;/h1-5H;. The molecule has 3 radical (unpaired) electrons. The summed E-state index contributed by atoms with van der Waals surface area (Å²) in [5.74, 6) is 0. The van der Waals surface area contributed by atoms with Crippen molar-refractivity contribution in [2.45, 2.75) is 4.12 Å². The summed E-state index contributed by atoms with van der Waals surface area (Å²) in [6.45, 7) is 0. The van der Waals surface area contributed by atoms with E-state index in [9.17, 15) is 0 Å². The Balaban J connectivity index is 2.49. The normalized spacial score (nSPS) is 27.3. The van der Waals surface area contributed by atoms with E-state index in [1.54, 1.807) is 6.26 Å². The second kappa shape index (κ2) is 2.40. The van der Waals surface area contributed by atoms with Crippen LogP contribution in [0.2, 0.25) is 0 Å². The molecule has 0 aromatic carbocycles. The molecule has 2 heteroatoms. The van der Waals surface area contributed by atoms with E-state index in [0.29, 0.717) is 4.12 Å². The van der Waals surface area contributed by atoms with E-state index < -0.39 is 0 Å². The van der Waals surface area contributed by atoms with Crippen molar-refractivity contribution >= 4 is 22.5 Å². The molecule has 1 nitrogen and oxygen atoms in total. The first-order chi connectivity index (χ1) is 3.39. The Bertz CT molecular complexity index is 107. The summed E-state index contributed by atoms with van der Waals surface area (Å²) < 4.78 is 5.41. The van der Waals surface area contributed by atoms with E-state index >= 15 is 0 Å². The molecule has 1 aliphatic rings. The third-order valence-electron chi connectivity index (χ3n) is 0.701. The molecular weight excluding hydrogens is 195 g/mol. The Labute approximate surface area is 56.1 Å². The number of hydrogen-bond donors (Lipinski definition) is 0. The van der Waals surface area contributed by atoms with E-state index in [4.69, 9.17) is 4.74 Å². The molecule has 0 amide bonds. The summed E-state index contributed by atoms with van der Waals surface area (Å²) in [7, 11) is 0. The molecule has 1 aliphatic heterocycles. The van der Waals surface area contributed by atoms with Gasteiger partial charge in [-0.2, -0.15) is 0 Å². The van der Waals surface area contributed by atoms with Gasteiger partial charge in [0.2, 0.25) is 0 Å². The Kier molecular flexibility index (Phi) is 1.79. The van der Waals surface area contributed by atoms with Gasteiger partial charge in [-0.1, -0.05) is 0 Å². The van der Waals surface area contributed by atoms with Gasteiger partial charge in [0.1, 0.15) is 0 Å². The van der Waals surface area contributed by atoms with Crippen LogP contribution < -0.4 is 0 Å².